The Morgan fingerprint density at radius 3 is 2.88 bits per heavy atom. The molecular formula is C12H17N5. The highest BCUT2D eigenvalue weighted by Crippen LogP contribution is 2.09. The third-order valence-electron chi connectivity index (χ3n) is 2.56. The summed E-state index contributed by atoms with van der Waals surface area (Å²) in [5.41, 5.74) is 0.983. The molecule has 2 aromatic rings. The van der Waals surface area contributed by atoms with Crippen LogP contribution in [0, 0.1) is 0 Å². The lowest BCUT2D eigenvalue weighted by atomic mass is 10.2. The molecule has 0 atom stereocenters. The lowest BCUT2D eigenvalue weighted by Gasteiger charge is -2.06. The predicted molar refractivity (Wildman–Crippen MR) is 66.9 cm³/mol. The first-order valence-corrected chi connectivity index (χ1v) is 5.88. The third kappa shape index (κ3) is 2.81. The number of anilines is 1. The van der Waals surface area contributed by atoms with Crippen LogP contribution in [0.5, 0.6) is 0 Å². The molecule has 2 aromatic heterocycles. The highest BCUT2D eigenvalue weighted by Gasteiger charge is 2.04. The molecule has 0 aromatic carbocycles. The standard InChI is InChI=1S/C12H17N5/c1-3-13-11-7-10(15-9-16-11)8-12-14-5-6-17(12)4-2/h5-7,9H,3-4,8H2,1-2H3,(H,13,15,16). The van der Waals surface area contributed by atoms with Gasteiger partial charge in [0.25, 0.3) is 0 Å². The van der Waals surface area contributed by atoms with E-state index in [0.717, 1.165) is 36.8 Å². The zero-order chi connectivity index (χ0) is 12.1. The molecule has 0 bridgehead atoms. The molecule has 0 aliphatic rings. The molecular weight excluding hydrogens is 214 g/mol. The largest absolute Gasteiger partial charge is 0.370 e. The zero-order valence-electron chi connectivity index (χ0n) is 10.2. The van der Waals surface area contributed by atoms with E-state index in [-0.39, 0.29) is 0 Å². The van der Waals surface area contributed by atoms with E-state index in [2.05, 4.69) is 31.8 Å². The van der Waals surface area contributed by atoms with E-state index < -0.39 is 0 Å². The first-order valence-electron chi connectivity index (χ1n) is 5.88. The minimum absolute atomic E-state index is 0.738. The summed E-state index contributed by atoms with van der Waals surface area (Å²) in [5.74, 6) is 1.90. The molecule has 0 aliphatic heterocycles. The van der Waals surface area contributed by atoms with Crippen LogP contribution in [-0.4, -0.2) is 26.1 Å². The minimum Gasteiger partial charge on any atom is -0.370 e. The van der Waals surface area contributed by atoms with Gasteiger partial charge >= 0.3 is 0 Å². The van der Waals surface area contributed by atoms with Crippen molar-refractivity contribution in [1.29, 1.82) is 0 Å². The maximum absolute atomic E-state index is 4.34. The minimum atomic E-state index is 0.738. The molecule has 90 valence electrons. The maximum atomic E-state index is 4.34. The van der Waals surface area contributed by atoms with E-state index in [9.17, 15) is 0 Å². The molecule has 0 radical (unpaired) electrons. The summed E-state index contributed by atoms with van der Waals surface area (Å²) in [6.07, 6.45) is 6.14. The summed E-state index contributed by atoms with van der Waals surface area (Å²) >= 11 is 0. The Kier molecular flexibility index (Phi) is 3.69. The van der Waals surface area contributed by atoms with Gasteiger partial charge < -0.3 is 9.88 Å². The lowest BCUT2D eigenvalue weighted by molar-refractivity contribution is 0.708. The fourth-order valence-electron chi connectivity index (χ4n) is 1.73. The number of nitrogens with one attached hydrogen (secondary N) is 1. The van der Waals surface area contributed by atoms with Crippen molar-refractivity contribution in [3.63, 3.8) is 0 Å². The Bertz CT molecular complexity index is 477. The highest BCUT2D eigenvalue weighted by atomic mass is 15.1. The van der Waals surface area contributed by atoms with E-state index in [4.69, 9.17) is 0 Å². The molecule has 5 nitrogen and oxygen atoms in total. The van der Waals surface area contributed by atoms with Crippen molar-refractivity contribution in [2.45, 2.75) is 26.8 Å². The second kappa shape index (κ2) is 5.43. The number of hydrogen-bond acceptors (Lipinski definition) is 4. The summed E-state index contributed by atoms with van der Waals surface area (Å²) in [5, 5.41) is 3.18. The first-order chi connectivity index (χ1) is 8.33. The van der Waals surface area contributed by atoms with E-state index in [1.165, 1.54) is 0 Å². The van der Waals surface area contributed by atoms with Crippen LogP contribution in [0.25, 0.3) is 0 Å². The second-order valence-electron chi connectivity index (χ2n) is 3.73. The molecule has 0 saturated heterocycles. The summed E-state index contributed by atoms with van der Waals surface area (Å²) in [6.45, 7) is 5.95. The Balaban J connectivity index is 2.15. The number of nitrogens with zero attached hydrogens (tertiary/aromatic N) is 4. The predicted octanol–water partition coefficient (Wildman–Crippen LogP) is 1.72. The van der Waals surface area contributed by atoms with E-state index in [1.54, 1.807) is 6.33 Å². The van der Waals surface area contributed by atoms with Crippen LogP contribution in [0.15, 0.2) is 24.8 Å². The van der Waals surface area contributed by atoms with E-state index in [1.807, 2.05) is 25.4 Å². The van der Waals surface area contributed by atoms with Crippen molar-refractivity contribution in [2.75, 3.05) is 11.9 Å². The Morgan fingerprint density at radius 1 is 1.24 bits per heavy atom. The number of hydrogen-bond donors (Lipinski definition) is 1. The van der Waals surface area contributed by atoms with Gasteiger partial charge in [-0.3, -0.25) is 0 Å². The normalized spacial score (nSPS) is 10.5. The van der Waals surface area contributed by atoms with Crippen LogP contribution in [0.4, 0.5) is 5.82 Å². The van der Waals surface area contributed by atoms with E-state index in [0.29, 0.717) is 0 Å². The highest BCUT2D eigenvalue weighted by molar-refractivity contribution is 5.35. The van der Waals surface area contributed by atoms with Crippen LogP contribution in [-0.2, 0) is 13.0 Å². The number of aryl methyl sites for hydroxylation is 1. The van der Waals surface area contributed by atoms with Crippen molar-refractivity contribution in [3.05, 3.63) is 36.3 Å². The molecule has 0 unspecified atom stereocenters. The Hall–Kier alpha value is -1.91. The quantitative estimate of drug-likeness (QED) is 0.851. The first kappa shape index (κ1) is 11.6. The van der Waals surface area contributed by atoms with Crippen molar-refractivity contribution in [1.82, 2.24) is 19.5 Å². The van der Waals surface area contributed by atoms with Gasteiger partial charge in [0.15, 0.2) is 0 Å². The van der Waals surface area contributed by atoms with Gasteiger partial charge in [-0.25, -0.2) is 15.0 Å². The van der Waals surface area contributed by atoms with Crippen LogP contribution in [0.2, 0.25) is 0 Å². The lowest BCUT2D eigenvalue weighted by Crippen LogP contribution is -2.05. The smallest absolute Gasteiger partial charge is 0.129 e. The molecule has 2 rings (SSSR count). The van der Waals surface area contributed by atoms with Gasteiger partial charge in [0, 0.05) is 38.0 Å². The topological polar surface area (TPSA) is 55.6 Å². The van der Waals surface area contributed by atoms with Crippen molar-refractivity contribution < 1.29 is 0 Å². The van der Waals surface area contributed by atoms with Crippen molar-refractivity contribution >= 4 is 5.82 Å². The van der Waals surface area contributed by atoms with Gasteiger partial charge in [0.1, 0.15) is 18.0 Å². The Morgan fingerprint density at radius 2 is 2.12 bits per heavy atom. The van der Waals surface area contributed by atoms with Crippen LogP contribution < -0.4 is 5.32 Å². The molecule has 2 heterocycles. The number of imidazole rings is 1. The molecule has 1 N–H and O–H groups in total. The third-order valence-corrected chi connectivity index (χ3v) is 2.56. The summed E-state index contributed by atoms with van der Waals surface area (Å²) in [6, 6.07) is 1.97. The number of rotatable bonds is 5. The number of aromatic nitrogens is 4. The summed E-state index contributed by atoms with van der Waals surface area (Å²) < 4.78 is 2.12. The SMILES string of the molecule is CCNc1cc(Cc2nccn2CC)ncn1. The van der Waals surface area contributed by atoms with Gasteiger partial charge in [-0.2, -0.15) is 0 Å². The Labute approximate surface area is 101 Å². The summed E-state index contributed by atoms with van der Waals surface area (Å²) in [7, 11) is 0. The monoisotopic (exact) mass is 231 g/mol. The zero-order valence-corrected chi connectivity index (χ0v) is 10.2. The molecule has 5 heteroatoms. The molecule has 0 fully saturated rings. The average molecular weight is 231 g/mol. The van der Waals surface area contributed by atoms with Gasteiger partial charge in [0.05, 0.1) is 5.69 Å². The molecule has 0 saturated carbocycles. The average Bonchev–Trinajstić information content (AvgIpc) is 2.77. The van der Waals surface area contributed by atoms with Crippen LogP contribution in [0.1, 0.15) is 25.4 Å². The van der Waals surface area contributed by atoms with Gasteiger partial charge in [0.2, 0.25) is 0 Å². The van der Waals surface area contributed by atoms with Crippen molar-refractivity contribution in [3.8, 4) is 0 Å². The molecule has 0 aliphatic carbocycles. The maximum Gasteiger partial charge on any atom is 0.129 e. The fourth-order valence-corrected chi connectivity index (χ4v) is 1.73. The van der Waals surface area contributed by atoms with Gasteiger partial charge in [-0.05, 0) is 13.8 Å². The fraction of sp³-hybridized carbons (Fsp3) is 0.417. The van der Waals surface area contributed by atoms with E-state index >= 15 is 0 Å². The van der Waals surface area contributed by atoms with Crippen LogP contribution in [0.3, 0.4) is 0 Å². The van der Waals surface area contributed by atoms with Gasteiger partial charge in [-0.1, -0.05) is 0 Å². The van der Waals surface area contributed by atoms with Gasteiger partial charge in [-0.15, -0.1) is 0 Å². The van der Waals surface area contributed by atoms with Crippen LogP contribution >= 0.6 is 0 Å². The molecule has 0 spiro atoms. The van der Waals surface area contributed by atoms with Crippen molar-refractivity contribution in [2.24, 2.45) is 0 Å². The summed E-state index contributed by atoms with van der Waals surface area (Å²) in [4.78, 5) is 12.8. The molecule has 17 heavy (non-hydrogen) atoms. The molecule has 0 amide bonds. The second-order valence-corrected chi connectivity index (χ2v) is 3.73.